The molecule has 5 rings (SSSR count). The number of fused-ring (bicyclic) bond motifs is 2. The standard InChI is InChI=1S/C41H50N4O12S3/c1-7-43-33-21-19-30(60(54,55)56)28-32(33)40(2,3)35(43)15-11-9-8-10-12-16-36-41(4,5)31-27-29(18-20-34(31)44(36)25-14-26-58(49,50)51)59(52,53)42(6)24-13-17-39(48)57-45-37(46)22-23-38(45)47/h8-12,15-16,18-21,27-28H,7,13-14,17,22-26H2,1-6H3,(H-,49,50,51,54,55,56). The smallest absolute Gasteiger partial charge is 0.333 e. The Kier molecular flexibility index (Phi) is 13.6. The van der Waals surface area contributed by atoms with E-state index < -0.39 is 64.6 Å². The molecule has 0 radical (unpaired) electrons. The molecule has 3 aliphatic heterocycles. The summed E-state index contributed by atoms with van der Waals surface area (Å²) in [6, 6.07) is 9.23. The molecule has 0 unspecified atom stereocenters. The van der Waals surface area contributed by atoms with E-state index >= 15 is 0 Å². The van der Waals surface area contributed by atoms with Crippen molar-refractivity contribution in [2.75, 3.05) is 37.3 Å². The minimum Gasteiger partial charge on any atom is -0.748 e. The first kappa shape index (κ1) is 46.3. The van der Waals surface area contributed by atoms with Crippen molar-refractivity contribution < 1.29 is 58.2 Å². The van der Waals surface area contributed by atoms with Crippen LogP contribution in [0.1, 0.15) is 77.8 Å². The van der Waals surface area contributed by atoms with Crippen molar-refractivity contribution in [1.29, 1.82) is 0 Å². The lowest BCUT2D eigenvalue weighted by atomic mass is 9.81. The van der Waals surface area contributed by atoms with Crippen molar-refractivity contribution >= 4 is 65.1 Å². The van der Waals surface area contributed by atoms with Crippen molar-refractivity contribution in [1.82, 2.24) is 9.37 Å². The minimum absolute atomic E-state index is 0.00632. The third kappa shape index (κ3) is 9.87. The predicted molar refractivity (Wildman–Crippen MR) is 222 cm³/mol. The van der Waals surface area contributed by atoms with Crippen LogP contribution in [-0.4, -0.2) is 104 Å². The number of imide groups is 1. The van der Waals surface area contributed by atoms with Gasteiger partial charge in [0.05, 0.1) is 25.3 Å². The average Bonchev–Trinajstić information content (AvgIpc) is 3.67. The molecule has 1 saturated heterocycles. The Hall–Kier alpha value is -4.79. The van der Waals surface area contributed by atoms with Gasteiger partial charge in [0.15, 0.2) is 5.71 Å². The zero-order chi connectivity index (χ0) is 44.4. The Morgan fingerprint density at radius 2 is 1.50 bits per heavy atom. The number of benzene rings is 2. The molecule has 0 aromatic heterocycles. The third-order valence-corrected chi connectivity index (χ3v) is 14.3. The van der Waals surface area contributed by atoms with Crippen LogP contribution in [0.5, 0.6) is 0 Å². The number of hydrogen-bond donors (Lipinski definition) is 1. The van der Waals surface area contributed by atoms with Crippen LogP contribution < -0.4 is 4.90 Å². The zero-order valence-corrected chi connectivity index (χ0v) is 36.8. The monoisotopic (exact) mass is 886 g/mol. The number of sulfonamides is 1. The highest BCUT2D eigenvalue weighted by atomic mass is 32.2. The molecule has 0 spiro atoms. The van der Waals surface area contributed by atoms with Crippen molar-refractivity contribution in [2.24, 2.45) is 0 Å². The van der Waals surface area contributed by atoms with Crippen LogP contribution in [-0.2, 0) is 60.3 Å². The molecule has 3 heterocycles. The molecule has 0 saturated carbocycles. The molecule has 0 atom stereocenters. The second-order valence-corrected chi connectivity index (χ2v) is 20.6. The Morgan fingerprint density at radius 1 is 0.883 bits per heavy atom. The van der Waals surface area contributed by atoms with Crippen LogP contribution in [0, 0.1) is 0 Å². The van der Waals surface area contributed by atoms with Gasteiger partial charge in [0.2, 0.25) is 15.7 Å². The highest BCUT2D eigenvalue weighted by Gasteiger charge is 2.45. The van der Waals surface area contributed by atoms with Crippen molar-refractivity contribution in [3.05, 3.63) is 95.8 Å². The highest BCUT2D eigenvalue weighted by Crippen LogP contribution is 2.48. The highest BCUT2D eigenvalue weighted by molar-refractivity contribution is 7.89. The Labute approximate surface area is 351 Å². The Bertz CT molecular complexity index is 2560. The average molecular weight is 887 g/mol. The molecule has 0 aliphatic carbocycles. The molecule has 2 aromatic rings. The molecule has 60 heavy (non-hydrogen) atoms. The van der Waals surface area contributed by atoms with Gasteiger partial charge >= 0.3 is 5.97 Å². The fourth-order valence-electron chi connectivity index (χ4n) is 7.65. The van der Waals surface area contributed by atoms with E-state index in [2.05, 4.69) is 4.90 Å². The second kappa shape index (κ2) is 17.7. The minimum atomic E-state index is -4.48. The largest absolute Gasteiger partial charge is 0.748 e. The van der Waals surface area contributed by atoms with Crippen molar-refractivity contribution in [3.63, 3.8) is 0 Å². The van der Waals surface area contributed by atoms with E-state index in [0.29, 0.717) is 22.9 Å². The molecule has 1 fully saturated rings. The van der Waals surface area contributed by atoms with Crippen LogP contribution in [0.2, 0.25) is 0 Å². The van der Waals surface area contributed by atoms with Gasteiger partial charge in [0, 0.05) is 86.1 Å². The number of allylic oxidation sites excluding steroid dienone is 8. The van der Waals surface area contributed by atoms with E-state index in [9.17, 15) is 48.7 Å². The lowest BCUT2D eigenvalue weighted by molar-refractivity contribution is -0.437. The summed E-state index contributed by atoms with van der Waals surface area (Å²) < 4.78 is 98.1. The number of carbonyl (C=O) groups excluding carboxylic acids is 3. The maximum absolute atomic E-state index is 13.7. The number of rotatable bonds is 17. The lowest BCUT2D eigenvalue weighted by Gasteiger charge is -2.25. The van der Waals surface area contributed by atoms with Gasteiger partial charge in [-0.25, -0.2) is 25.9 Å². The summed E-state index contributed by atoms with van der Waals surface area (Å²) in [5.74, 6) is -2.64. The number of anilines is 1. The van der Waals surface area contributed by atoms with Crippen LogP contribution >= 0.6 is 0 Å². The maximum Gasteiger partial charge on any atom is 0.333 e. The third-order valence-electron chi connectivity index (χ3n) is 10.8. The molecule has 16 nitrogen and oxygen atoms in total. The van der Waals surface area contributed by atoms with Crippen LogP contribution in [0.4, 0.5) is 11.4 Å². The lowest BCUT2D eigenvalue weighted by Crippen LogP contribution is -2.33. The maximum atomic E-state index is 13.7. The number of hydroxylamine groups is 2. The first-order chi connectivity index (χ1) is 27.9. The van der Waals surface area contributed by atoms with E-state index in [0.717, 1.165) is 27.0 Å². The van der Waals surface area contributed by atoms with Gasteiger partial charge < -0.3 is 14.3 Å². The normalized spacial score (nSPS) is 18.6. The molecule has 19 heteroatoms. The van der Waals surface area contributed by atoms with Gasteiger partial charge in [-0.05, 0) is 69.2 Å². The van der Waals surface area contributed by atoms with Gasteiger partial charge in [0.25, 0.3) is 21.9 Å². The predicted octanol–water partition coefficient (Wildman–Crippen LogP) is 4.62. The van der Waals surface area contributed by atoms with Crippen LogP contribution in [0.15, 0.2) is 94.4 Å². The molecular formula is C41H50N4O12S3. The number of hydrogen-bond acceptors (Lipinski definition) is 12. The molecule has 0 bridgehead atoms. The van der Waals surface area contributed by atoms with Gasteiger partial charge in [-0.1, -0.05) is 44.2 Å². The molecule has 2 aromatic carbocycles. The second-order valence-electron chi connectivity index (χ2n) is 15.6. The van der Waals surface area contributed by atoms with E-state index in [-0.39, 0.29) is 55.0 Å². The fourth-order valence-corrected chi connectivity index (χ4v) is 9.87. The molecular weight excluding hydrogens is 837 g/mol. The summed E-state index contributed by atoms with van der Waals surface area (Å²) in [6.45, 7) is 10.5. The van der Waals surface area contributed by atoms with E-state index in [1.807, 2.05) is 69.6 Å². The number of nitrogens with zero attached hydrogens (tertiary/aromatic N) is 4. The number of amides is 2. The molecule has 324 valence electrons. The topological polar surface area (TPSA) is 219 Å². The Balaban J connectivity index is 1.32. The van der Waals surface area contributed by atoms with Crippen LogP contribution in [0.3, 0.4) is 0 Å². The summed E-state index contributed by atoms with van der Waals surface area (Å²) in [6.07, 6.45) is 12.7. The van der Waals surface area contributed by atoms with E-state index in [1.54, 1.807) is 30.4 Å². The first-order valence-electron chi connectivity index (χ1n) is 19.3. The quantitative estimate of drug-likeness (QED) is 0.0994. The summed E-state index contributed by atoms with van der Waals surface area (Å²) in [4.78, 5) is 42.5. The molecule has 2 amide bonds. The Morgan fingerprint density at radius 3 is 2.13 bits per heavy atom. The van der Waals surface area contributed by atoms with Gasteiger partial charge in [0.1, 0.15) is 6.54 Å². The summed E-state index contributed by atoms with van der Waals surface area (Å²) >= 11 is 0. The van der Waals surface area contributed by atoms with Gasteiger partial charge in [-0.2, -0.15) is 13.0 Å². The van der Waals surface area contributed by atoms with Crippen molar-refractivity contribution in [3.8, 4) is 0 Å². The van der Waals surface area contributed by atoms with Crippen LogP contribution in [0.25, 0.3) is 0 Å². The van der Waals surface area contributed by atoms with Crippen molar-refractivity contribution in [2.45, 2.75) is 87.3 Å². The first-order valence-corrected chi connectivity index (χ1v) is 23.7. The molecule has 1 N–H and O–H groups in total. The van der Waals surface area contributed by atoms with Gasteiger partial charge in [-0.3, -0.25) is 14.1 Å². The van der Waals surface area contributed by atoms with Gasteiger partial charge in [-0.15, -0.1) is 5.06 Å². The number of likely N-dealkylation sites (N-methyl/N-ethyl adjacent to an activating group) is 1. The van der Waals surface area contributed by atoms with E-state index in [4.69, 9.17) is 4.84 Å². The summed E-state index contributed by atoms with van der Waals surface area (Å²) in [5.41, 5.74) is 3.29. The fraction of sp³-hybridized carbons (Fsp3) is 0.415. The number of carbonyl (C=O) groups is 3. The summed E-state index contributed by atoms with van der Waals surface area (Å²) in [7, 11) is -11.5. The SMILES string of the molecule is CCN1/C(=C/C=C/C=C/C=C/C2=[N+](CCCS(=O)(=O)[O-])c3ccc(S(=O)(=O)N(C)CCCC(=O)ON4C(=O)CCC4=O)cc3C2(C)C)C(C)(C)c2cc(S(=O)(=O)O)ccc21. The molecule has 3 aliphatic rings. The summed E-state index contributed by atoms with van der Waals surface area (Å²) in [5, 5.41) is 0.443. The zero-order valence-electron chi connectivity index (χ0n) is 34.3. The van der Waals surface area contributed by atoms with E-state index in [1.165, 1.54) is 25.2 Å².